The molecule has 2 atom stereocenters. The van der Waals surface area contributed by atoms with E-state index < -0.39 is 17.7 Å². The second kappa shape index (κ2) is 13.6. The van der Waals surface area contributed by atoms with Gasteiger partial charge in [-0.15, -0.1) is 0 Å². The molecular weight excluding hydrogens is 623 g/mol. The zero-order chi connectivity index (χ0) is 35.1. The highest BCUT2D eigenvalue weighted by molar-refractivity contribution is 5.81. The summed E-state index contributed by atoms with van der Waals surface area (Å²) >= 11 is 0. The Hall–Kier alpha value is -4.28. The van der Waals surface area contributed by atoms with Gasteiger partial charge in [0.25, 0.3) is 0 Å². The van der Waals surface area contributed by atoms with E-state index in [1.54, 1.807) is 19.9 Å². The topological polar surface area (TPSA) is 87.4 Å². The number of rotatable bonds is 4. The number of hydrogen-bond acceptors (Lipinski definition) is 8. The normalized spacial score (nSPS) is 21.0. The van der Waals surface area contributed by atoms with Gasteiger partial charge in [-0.25, -0.2) is 14.2 Å². The van der Waals surface area contributed by atoms with Gasteiger partial charge in [-0.3, -0.25) is 0 Å². The van der Waals surface area contributed by atoms with E-state index >= 15 is 4.39 Å². The average molecular weight is 671 g/mol. The molecule has 9 nitrogen and oxygen atoms in total. The molecule has 260 valence electrons. The number of carbonyl (C=O) groups is 1. The highest BCUT2D eigenvalue weighted by Gasteiger charge is 2.38. The van der Waals surface area contributed by atoms with Crippen LogP contribution >= 0.6 is 0 Å². The summed E-state index contributed by atoms with van der Waals surface area (Å²) in [5, 5.41) is 5.11. The maximum atomic E-state index is 15.9. The van der Waals surface area contributed by atoms with Gasteiger partial charge in [-0.1, -0.05) is 30.3 Å². The van der Waals surface area contributed by atoms with E-state index in [2.05, 4.69) is 11.8 Å². The summed E-state index contributed by atoms with van der Waals surface area (Å²) in [4.78, 5) is 20.8. The second-order valence-corrected chi connectivity index (χ2v) is 14.2. The molecule has 2 aromatic heterocycles. The number of nitrogens with zero attached hydrogens (tertiary/aromatic N) is 4. The van der Waals surface area contributed by atoms with Gasteiger partial charge in [0.1, 0.15) is 23.5 Å². The van der Waals surface area contributed by atoms with Crippen LogP contribution in [-0.2, 0) is 19.0 Å². The molecule has 6 bridgehead atoms. The van der Waals surface area contributed by atoms with Gasteiger partial charge in [0.15, 0.2) is 11.8 Å². The Labute approximate surface area is 288 Å². The van der Waals surface area contributed by atoms with Gasteiger partial charge >= 0.3 is 5.97 Å². The molecule has 4 aromatic rings. The SMILES string of the molecule is CCOC(=O)[C@@H](OC(C)(C)C)c1c(C)nc2cc3nn2c1N1CCC(C)(CC1)OC/C=C\[C@H](C)Oc1ccc(C)c(F)c1-c1cccc-3c1. The van der Waals surface area contributed by atoms with Crippen LogP contribution in [0.3, 0.4) is 0 Å². The molecule has 0 amide bonds. The molecule has 10 heteroatoms. The third-order valence-corrected chi connectivity index (χ3v) is 9.15. The number of aromatic nitrogens is 3. The first-order valence-corrected chi connectivity index (χ1v) is 17.1. The van der Waals surface area contributed by atoms with Crippen LogP contribution in [0.4, 0.5) is 10.2 Å². The Balaban J connectivity index is 1.58. The summed E-state index contributed by atoms with van der Waals surface area (Å²) < 4.78 is 42.5. The summed E-state index contributed by atoms with van der Waals surface area (Å²) in [6.45, 7) is 17.2. The minimum Gasteiger partial charge on any atom is -0.486 e. The fourth-order valence-electron chi connectivity index (χ4n) is 6.60. The van der Waals surface area contributed by atoms with Crippen molar-refractivity contribution in [1.82, 2.24) is 14.6 Å². The van der Waals surface area contributed by atoms with E-state index in [9.17, 15) is 4.79 Å². The third-order valence-electron chi connectivity index (χ3n) is 9.15. The predicted octanol–water partition coefficient (Wildman–Crippen LogP) is 7.95. The average Bonchev–Trinajstić information content (AvgIpc) is 3.47. The van der Waals surface area contributed by atoms with Crippen LogP contribution < -0.4 is 9.64 Å². The first-order valence-electron chi connectivity index (χ1n) is 17.1. The Bertz CT molecular complexity index is 1890. The lowest BCUT2D eigenvalue weighted by Gasteiger charge is -2.41. The number of halogens is 1. The molecule has 0 radical (unpaired) electrons. The summed E-state index contributed by atoms with van der Waals surface area (Å²) in [6, 6.07) is 13.1. The summed E-state index contributed by atoms with van der Waals surface area (Å²) in [6.07, 6.45) is 4.08. The maximum absolute atomic E-state index is 15.9. The number of anilines is 1. The quantitative estimate of drug-likeness (QED) is 0.160. The number of esters is 1. The second-order valence-electron chi connectivity index (χ2n) is 14.2. The fraction of sp³-hybridized carbons (Fsp3) is 0.462. The van der Waals surface area contributed by atoms with Crippen molar-refractivity contribution in [2.75, 3.05) is 31.2 Å². The van der Waals surface area contributed by atoms with E-state index in [0.717, 1.165) is 24.2 Å². The van der Waals surface area contributed by atoms with Gasteiger partial charge in [0, 0.05) is 30.4 Å². The molecule has 3 aliphatic rings. The Kier molecular flexibility index (Phi) is 9.57. The molecule has 5 heterocycles. The first-order chi connectivity index (χ1) is 23.3. The summed E-state index contributed by atoms with van der Waals surface area (Å²) in [5.74, 6) is 0.386. The van der Waals surface area contributed by atoms with E-state index in [4.69, 9.17) is 29.0 Å². The molecule has 3 aliphatic heterocycles. The number of carbonyl (C=O) groups excluding carboxylic acids is 1. The van der Waals surface area contributed by atoms with Crippen molar-refractivity contribution in [3.05, 3.63) is 77.3 Å². The van der Waals surface area contributed by atoms with E-state index in [1.807, 2.05) is 87.7 Å². The van der Waals surface area contributed by atoms with Crippen molar-refractivity contribution >= 4 is 17.4 Å². The first kappa shape index (κ1) is 34.6. The number of fused-ring (bicyclic) bond motifs is 6. The lowest BCUT2D eigenvalue weighted by molar-refractivity contribution is -0.166. The van der Waals surface area contributed by atoms with Gasteiger partial charge in [-0.2, -0.15) is 9.61 Å². The van der Waals surface area contributed by atoms with E-state index in [-0.39, 0.29) is 24.1 Å². The predicted molar refractivity (Wildman–Crippen MR) is 189 cm³/mol. The Morgan fingerprint density at radius 3 is 2.57 bits per heavy atom. The minimum atomic E-state index is -1.02. The molecule has 0 saturated carbocycles. The highest BCUT2D eigenvalue weighted by Crippen LogP contribution is 2.40. The van der Waals surface area contributed by atoms with Crippen molar-refractivity contribution in [3.8, 4) is 28.1 Å². The molecule has 1 fully saturated rings. The number of ether oxygens (including phenoxy) is 4. The van der Waals surface area contributed by atoms with Crippen molar-refractivity contribution in [2.45, 2.75) is 91.6 Å². The molecule has 0 unspecified atom stereocenters. The van der Waals surface area contributed by atoms with Crippen LogP contribution in [0.5, 0.6) is 5.75 Å². The van der Waals surface area contributed by atoms with Crippen LogP contribution in [0.25, 0.3) is 28.0 Å². The summed E-state index contributed by atoms with van der Waals surface area (Å²) in [5.41, 5.74) is 3.93. The largest absolute Gasteiger partial charge is 0.486 e. The van der Waals surface area contributed by atoms with Gasteiger partial charge < -0.3 is 23.8 Å². The zero-order valence-electron chi connectivity index (χ0n) is 29.8. The van der Waals surface area contributed by atoms with E-state index in [0.29, 0.717) is 64.7 Å². The van der Waals surface area contributed by atoms with Crippen LogP contribution in [0.15, 0.2) is 54.6 Å². The molecule has 1 saturated heterocycles. The molecule has 0 aliphatic carbocycles. The molecule has 0 spiro atoms. The zero-order valence-corrected chi connectivity index (χ0v) is 29.8. The lowest BCUT2D eigenvalue weighted by atomic mass is 9.92. The smallest absolute Gasteiger partial charge is 0.340 e. The highest BCUT2D eigenvalue weighted by atomic mass is 19.1. The number of benzene rings is 2. The lowest BCUT2D eigenvalue weighted by Crippen LogP contribution is -2.45. The molecule has 0 N–H and O–H groups in total. The van der Waals surface area contributed by atoms with Crippen LogP contribution in [0, 0.1) is 19.7 Å². The van der Waals surface area contributed by atoms with Crippen molar-refractivity contribution < 1.29 is 28.1 Å². The molecule has 2 aromatic carbocycles. The minimum absolute atomic E-state index is 0.218. The number of piperidine rings is 1. The molecular formula is C39H47FN4O5. The van der Waals surface area contributed by atoms with Crippen LogP contribution in [0.2, 0.25) is 0 Å². The fourth-order valence-corrected chi connectivity index (χ4v) is 6.60. The number of hydrogen-bond donors (Lipinski definition) is 0. The Morgan fingerprint density at radius 2 is 1.86 bits per heavy atom. The maximum Gasteiger partial charge on any atom is 0.340 e. The van der Waals surface area contributed by atoms with Gasteiger partial charge in [0.05, 0.1) is 41.2 Å². The third kappa shape index (κ3) is 7.21. The summed E-state index contributed by atoms with van der Waals surface area (Å²) in [7, 11) is 0. The number of aryl methyl sites for hydroxylation is 2. The molecule has 7 rings (SSSR count). The van der Waals surface area contributed by atoms with Crippen molar-refractivity contribution in [3.63, 3.8) is 0 Å². The Morgan fingerprint density at radius 1 is 1.12 bits per heavy atom. The standard InChI is InChI=1S/C39H47FN4O5/c1-9-46-37(45)35(49-38(5,6)7)32-26(4)41-31-23-29-27-13-10-14-28(22-27)33-30(16-15-24(2)34(33)40)48-25(3)12-11-21-47-39(8)17-19-43(20-18-39)36(32)44(31)42-29/h10-16,22-23,25,35H,9,17-21H2,1-8H3/b12-11-/t25-,35-/m0/s1. The van der Waals surface area contributed by atoms with E-state index in [1.165, 1.54) is 0 Å². The van der Waals surface area contributed by atoms with Gasteiger partial charge in [0.2, 0.25) is 0 Å². The monoisotopic (exact) mass is 670 g/mol. The molecule has 49 heavy (non-hydrogen) atoms. The van der Waals surface area contributed by atoms with Crippen LogP contribution in [-0.4, -0.2) is 64.2 Å². The van der Waals surface area contributed by atoms with Crippen LogP contribution in [0.1, 0.15) is 77.3 Å². The van der Waals surface area contributed by atoms with Crippen molar-refractivity contribution in [1.29, 1.82) is 0 Å². The van der Waals surface area contributed by atoms with Gasteiger partial charge in [-0.05, 0) is 97.6 Å². The van der Waals surface area contributed by atoms with Crippen molar-refractivity contribution in [2.24, 2.45) is 0 Å².